The Hall–Kier alpha value is -2.62. The number of benzene rings is 2. The van der Waals surface area contributed by atoms with Gasteiger partial charge in [0.1, 0.15) is 13.0 Å². The Labute approximate surface area is 245 Å². The van der Waals surface area contributed by atoms with Gasteiger partial charge < -0.3 is 4.90 Å². The molecule has 0 aliphatic heterocycles. The highest BCUT2D eigenvalue weighted by atomic mass is 15.4. The molecule has 0 N–H and O–H groups in total. The van der Waals surface area contributed by atoms with Crippen molar-refractivity contribution in [2.45, 2.75) is 143 Å². The van der Waals surface area contributed by atoms with Gasteiger partial charge in [-0.3, -0.25) is 0 Å². The lowest BCUT2D eigenvalue weighted by molar-refractivity contribution is 0.546. The van der Waals surface area contributed by atoms with E-state index in [2.05, 4.69) is 79.2 Å². The summed E-state index contributed by atoms with van der Waals surface area (Å²) in [5, 5.41) is 4.86. The zero-order chi connectivity index (χ0) is 28.3. The standard InChI is InChI=1S/C36H56N4/c1-4-7-10-11-12-13-14-15-16-17-18-21-36-37-30-39(38-36)31-40(34-26-22-32(23-27-34)19-8-5-2)35-28-24-33(25-29-35)20-9-6-3/h22-30H,4-21,31H2,1-3H3. The summed E-state index contributed by atoms with van der Waals surface area (Å²) >= 11 is 0. The highest BCUT2D eigenvalue weighted by Gasteiger charge is 2.12. The number of nitrogens with zero attached hydrogens (tertiary/aromatic N) is 4. The molecule has 0 radical (unpaired) electrons. The monoisotopic (exact) mass is 544 g/mol. The Morgan fingerprint density at radius 3 is 1.45 bits per heavy atom. The molecule has 0 aliphatic carbocycles. The first-order chi connectivity index (χ1) is 19.7. The SMILES string of the molecule is CCCCCCCCCCCCCc1ncn(CN(c2ccc(CCCC)cc2)c2ccc(CCCC)cc2)n1. The lowest BCUT2D eigenvalue weighted by Crippen LogP contribution is -2.21. The number of rotatable bonds is 22. The Bertz CT molecular complexity index is 970. The van der Waals surface area contributed by atoms with Crippen molar-refractivity contribution >= 4 is 11.4 Å². The van der Waals surface area contributed by atoms with Crippen LogP contribution in [-0.4, -0.2) is 14.8 Å². The van der Waals surface area contributed by atoms with Gasteiger partial charge in [-0.05, 0) is 67.5 Å². The van der Waals surface area contributed by atoms with Gasteiger partial charge in [-0.1, -0.05) is 122 Å². The molecule has 220 valence electrons. The summed E-state index contributed by atoms with van der Waals surface area (Å²) in [5.74, 6) is 0.973. The van der Waals surface area contributed by atoms with Crippen LogP contribution in [0.3, 0.4) is 0 Å². The van der Waals surface area contributed by atoms with Crippen LogP contribution in [0.5, 0.6) is 0 Å². The minimum atomic E-state index is 0.661. The molecular formula is C36H56N4. The van der Waals surface area contributed by atoms with Crippen molar-refractivity contribution in [1.29, 1.82) is 0 Å². The van der Waals surface area contributed by atoms with Crippen LogP contribution in [0.2, 0.25) is 0 Å². The van der Waals surface area contributed by atoms with Gasteiger partial charge in [0.25, 0.3) is 0 Å². The molecule has 3 aromatic rings. The summed E-state index contributed by atoms with van der Waals surface area (Å²) < 4.78 is 2.00. The second-order valence-corrected chi connectivity index (χ2v) is 11.6. The van der Waals surface area contributed by atoms with E-state index in [0.29, 0.717) is 6.67 Å². The minimum absolute atomic E-state index is 0.661. The third-order valence-corrected chi connectivity index (χ3v) is 8.01. The van der Waals surface area contributed by atoms with Crippen LogP contribution in [0, 0.1) is 0 Å². The van der Waals surface area contributed by atoms with E-state index in [4.69, 9.17) is 5.10 Å². The predicted octanol–water partition coefficient (Wildman–Crippen LogP) is 10.6. The van der Waals surface area contributed by atoms with E-state index in [1.807, 2.05) is 11.0 Å². The molecule has 0 unspecified atom stereocenters. The normalized spacial score (nSPS) is 11.3. The second kappa shape index (κ2) is 19.5. The number of anilines is 2. The maximum absolute atomic E-state index is 4.86. The van der Waals surface area contributed by atoms with Crippen molar-refractivity contribution in [3.63, 3.8) is 0 Å². The molecule has 0 saturated carbocycles. The largest absolute Gasteiger partial charge is 0.321 e. The van der Waals surface area contributed by atoms with Crippen LogP contribution in [0.25, 0.3) is 0 Å². The molecule has 3 rings (SSSR count). The molecule has 2 aromatic carbocycles. The first-order valence-electron chi connectivity index (χ1n) is 16.6. The van der Waals surface area contributed by atoms with Gasteiger partial charge in [0.05, 0.1) is 0 Å². The van der Waals surface area contributed by atoms with E-state index < -0.39 is 0 Å². The third kappa shape index (κ3) is 11.9. The van der Waals surface area contributed by atoms with Crippen molar-refractivity contribution in [2.24, 2.45) is 0 Å². The van der Waals surface area contributed by atoms with Crippen LogP contribution in [-0.2, 0) is 25.9 Å². The molecule has 1 aromatic heterocycles. The zero-order valence-electron chi connectivity index (χ0n) is 25.9. The minimum Gasteiger partial charge on any atom is -0.321 e. The van der Waals surface area contributed by atoms with Crippen molar-refractivity contribution < 1.29 is 0 Å². The number of aromatic nitrogens is 3. The van der Waals surface area contributed by atoms with Crippen LogP contribution >= 0.6 is 0 Å². The van der Waals surface area contributed by atoms with E-state index in [-0.39, 0.29) is 0 Å². The van der Waals surface area contributed by atoms with Crippen LogP contribution < -0.4 is 4.90 Å². The molecular weight excluding hydrogens is 488 g/mol. The van der Waals surface area contributed by atoms with Crippen LogP contribution in [0.15, 0.2) is 54.9 Å². The molecule has 0 spiro atoms. The molecule has 4 nitrogen and oxygen atoms in total. The van der Waals surface area contributed by atoms with E-state index in [0.717, 1.165) is 25.1 Å². The molecule has 4 heteroatoms. The van der Waals surface area contributed by atoms with E-state index in [9.17, 15) is 0 Å². The average Bonchev–Trinajstić information content (AvgIpc) is 3.44. The Morgan fingerprint density at radius 2 is 0.975 bits per heavy atom. The Morgan fingerprint density at radius 1 is 0.525 bits per heavy atom. The van der Waals surface area contributed by atoms with Gasteiger partial charge >= 0.3 is 0 Å². The highest BCUT2D eigenvalue weighted by Crippen LogP contribution is 2.27. The summed E-state index contributed by atoms with van der Waals surface area (Å²) in [6.07, 6.45) is 25.1. The first kappa shape index (κ1) is 31.9. The summed E-state index contributed by atoms with van der Waals surface area (Å²) in [6.45, 7) is 7.46. The maximum Gasteiger partial charge on any atom is 0.150 e. The summed E-state index contributed by atoms with van der Waals surface area (Å²) in [7, 11) is 0. The van der Waals surface area contributed by atoms with Gasteiger partial charge in [0.15, 0.2) is 5.82 Å². The van der Waals surface area contributed by atoms with Gasteiger partial charge in [0, 0.05) is 17.8 Å². The van der Waals surface area contributed by atoms with E-state index in [1.54, 1.807) is 0 Å². The molecule has 0 bridgehead atoms. The third-order valence-electron chi connectivity index (χ3n) is 8.01. The molecule has 40 heavy (non-hydrogen) atoms. The van der Waals surface area contributed by atoms with E-state index >= 15 is 0 Å². The van der Waals surface area contributed by atoms with Crippen LogP contribution in [0.4, 0.5) is 11.4 Å². The smallest absolute Gasteiger partial charge is 0.150 e. The van der Waals surface area contributed by atoms with Gasteiger partial charge in [-0.25, -0.2) is 9.67 Å². The maximum atomic E-state index is 4.86. The average molecular weight is 545 g/mol. The number of aryl methyl sites for hydroxylation is 3. The lowest BCUT2D eigenvalue weighted by Gasteiger charge is -2.25. The Balaban J connectivity index is 1.52. The second-order valence-electron chi connectivity index (χ2n) is 11.6. The topological polar surface area (TPSA) is 34.0 Å². The fourth-order valence-electron chi connectivity index (χ4n) is 5.37. The number of hydrogen-bond donors (Lipinski definition) is 0. The van der Waals surface area contributed by atoms with Gasteiger partial charge in [-0.2, -0.15) is 5.10 Å². The molecule has 1 heterocycles. The molecule has 0 atom stereocenters. The van der Waals surface area contributed by atoms with Gasteiger partial charge in [-0.15, -0.1) is 0 Å². The highest BCUT2D eigenvalue weighted by molar-refractivity contribution is 5.63. The summed E-state index contributed by atoms with van der Waals surface area (Å²) in [6, 6.07) is 18.2. The zero-order valence-corrected chi connectivity index (χ0v) is 25.9. The number of hydrogen-bond acceptors (Lipinski definition) is 3. The van der Waals surface area contributed by atoms with Crippen molar-refractivity contribution in [3.05, 3.63) is 71.8 Å². The van der Waals surface area contributed by atoms with E-state index in [1.165, 1.54) is 119 Å². The van der Waals surface area contributed by atoms with Gasteiger partial charge in [0.2, 0.25) is 0 Å². The molecule has 0 saturated heterocycles. The van der Waals surface area contributed by atoms with Crippen molar-refractivity contribution in [1.82, 2.24) is 14.8 Å². The van der Waals surface area contributed by atoms with Crippen LogP contribution in [0.1, 0.15) is 134 Å². The fourth-order valence-corrected chi connectivity index (χ4v) is 5.37. The predicted molar refractivity (Wildman–Crippen MR) is 172 cm³/mol. The first-order valence-corrected chi connectivity index (χ1v) is 16.6. The van der Waals surface area contributed by atoms with Crippen molar-refractivity contribution in [2.75, 3.05) is 4.90 Å². The molecule has 0 aliphatic rings. The lowest BCUT2D eigenvalue weighted by atomic mass is 10.1. The quantitative estimate of drug-likeness (QED) is 0.118. The fraction of sp³-hybridized carbons (Fsp3) is 0.611. The Kier molecular flexibility index (Phi) is 15.5. The number of unbranched alkanes of at least 4 members (excludes halogenated alkanes) is 12. The molecule has 0 amide bonds. The summed E-state index contributed by atoms with van der Waals surface area (Å²) in [5.41, 5.74) is 5.22. The van der Waals surface area contributed by atoms with Crippen molar-refractivity contribution in [3.8, 4) is 0 Å². The summed E-state index contributed by atoms with van der Waals surface area (Å²) in [4.78, 5) is 7.02. The molecule has 0 fully saturated rings.